The first-order valence-electron chi connectivity index (χ1n) is 8.06. The summed E-state index contributed by atoms with van der Waals surface area (Å²) in [5.41, 5.74) is 9.73. The number of rotatable bonds is 3. The molecule has 2 aliphatic rings. The molecule has 23 heavy (non-hydrogen) atoms. The molecule has 4 unspecified atom stereocenters. The quantitative estimate of drug-likeness (QED) is 0.879. The number of hydrogen-bond donors (Lipinski definition) is 1. The maximum absolute atomic E-state index is 13.4. The summed E-state index contributed by atoms with van der Waals surface area (Å²) in [5, 5.41) is 0. The average Bonchev–Trinajstić information content (AvgIpc) is 3.23. The molecule has 0 spiro atoms. The molecule has 2 N–H and O–H groups in total. The molecule has 0 aromatic heterocycles. The average molecular weight is 329 g/mol. The van der Waals surface area contributed by atoms with E-state index in [0.29, 0.717) is 17.4 Å². The largest absolute Gasteiger partial charge is 0.611 e. The minimum absolute atomic E-state index is 0.248. The van der Waals surface area contributed by atoms with E-state index in [-0.39, 0.29) is 16.5 Å². The second-order valence-electron chi connectivity index (χ2n) is 6.66. The third-order valence-electron chi connectivity index (χ3n) is 5.47. The van der Waals surface area contributed by atoms with Gasteiger partial charge in [0, 0.05) is 23.9 Å². The van der Waals surface area contributed by atoms with E-state index in [1.807, 2.05) is 0 Å². The molecule has 1 fully saturated rings. The molecular formula is C19H20FNOS. The zero-order chi connectivity index (χ0) is 16.2. The van der Waals surface area contributed by atoms with Crippen LogP contribution in [-0.2, 0) is 22.3 Å². The Labute approximate surface area is 139 Å². The molecule has 4 atom stereocenters. The molecule has 1 saturated carbocycles. The predicted molar refractivity (Wildman–Crippen MR) is 90.0 cm³/mol. The van der Waals surface area contributed by atoms with Gasteiger partial charge >= 0.3 is 0 Å². The third kappa shape index (κ3) is 2.09. The fourth-order valence-electron chi connectivity index (χ4n) is 4.41. The second kappa shape index (κ2) is 5.33. The van der Waals surface area contributed by atoms with Crippen molar-refractivity contribution in [1.82, 2.24) is 0 Å². The molecule has 0 bridgehead atoms. The number of benzene rings is 2. The van der Waals surface area contributed by atoms with E-state index in [1.165, 1.54) is 28.8 Å². The lowest BCUT2D eigenvalue weighted by Gasteiger charge is -2.29. The van der Waals surface area contributed by atoms with Gasteiger partial charge in [-0.3, -0.25) is 0 Å². The summed E-state index contributed by atoms with van der Waals surface area (Å²) in [4.78, 5) is 0.695. The van der Waals surface area contributed by atoms with E-state index in [1.54, 1.807) is 12.1 Å². The van der Waals surface area contributed by atoms with E-state index in [2.05, 4.69) is 25.1 Å². The van der Waals surface area contributed by atoms with E-state index in [4.69, 9.17) is 5.73 Å². The Hall–Kier alpha value is -1.36. The Balaban J connectivity index is 1.83. The summed E-state index contributed by atoms with van der Waals surface area (Å²) in [6, 6.07) is 12.5. The highest BCUT2D eigenvalue weighted by Crippen LogP contribution is 2.68. The van der Waals surface area contributed by atoms with Gasteiger partial charge in [0.1, 0.15) is 5.82 Å². The smallest absolute Gasteiger partial charge is 0.164 e. The fourth-order valence-corrected chi connectivity index (χ4v) is 6.61. The molecule has 4 heteroatoms. The van der Waals surface area contributed by atoms with E-state index >= 15 is 0 Å². The maximum atomic E-state index is 13.4. The SMILES string of the molecule is Cc1ccc2c(c1)CCC1C(CN)C21[S+]([O-])c1ccc(F)cc1. The first-order valence-corrected chi connectivity index (χ1v) is 9.21. The Morgan fingerprint density at radius 2 is 2.00 bits per heavy atom. The zero-order valence-electron chi connectivity index (χ0n) is 13.1. The number of hydrogen-bond acceptors (Lipinski definition) is 2. The molecule has 0 heterocycles. The van der Waals surface area contributed by atoms with Crippen LogP contribution in [0.3, 0.4) is 0 Å². The van der Waals surface area contributed by atoms with Crippen LogP contribution in [-0.4, -0.2) is 11.1 Å². The highest BCUT2D eigenvalue weighted by atomic mass is 32.2. The lowest BCUT2D eigenvalue weighted by molar-refractivity contribution is 0.552. The van der Waals surface area contributed by atoms with Gasteiger partial charge in [-0.1, -0.05) is 23.8 Å². The lowest BCUT2D eigenvalue weighted by Crippen LogP contribution is -2.30. The van der Waals surface area contributed by atoms with Crippen LogP contribution in [0.15, 0.2) is 47.4 Å². The van der Waals surface area contributed by atoms with Crippen molar-refractivity contribution in [3.63, 3.8) is 0 Å². The van der Waals surface area contributed by atoms with Crippen molar-refractivity contribution in [3.05, 3.63) is 65.0 Å². The minimum atomic E-state index is -1.21. The van der Waals surface area contributed by atoms with Crippen LogP contribution < -0.4 is 5.73 Å². The normalized spacial score (nSPS) is 29.6. The van der Waals surface area contributed by atoms with Crippen LogP contribution in [0, 0.1) is 24.6 Å². The number of halogens is 1. The Morgan fingerprint density at radius 1 is 1.26 bits per heavy atom. The first kappa shape index (κ1) is 15.2. The van der Waals surface area contributed by atoms with Crippen LogP contribution in [0.25, 0.3) is 0 Å². The molecular weight excluding hydrogens is 309 g/mol. The van der Waals surface area contributed by atoms with Gasteiger partial charge in [-0.25, -0.2) is 4.39 Å². The molecule has 2 aromatic rings. The third-order valence-corrected chi connectivity index (χ3v) is 7.61. The molecule has 0 radical (unpaired) electrons. The van der Waals surface area contributed by atoms with Gasteiger partial charge in [0.25, 0.3) is 0 Å². The molecule has 120 valence electrons. The Bertz CT molecular complexity index is 742. The van der Waals surface area contributed by atoms with Gasteiger partial charge in [-0.05, 0) is 60.8 Å². The molecule has 0 aliphatic heterocycles. The summed E-state index contributed by atoms with van der Waals surface area (Å²) in [7, 11) is 0. The van der Waals surface area contributed by atoms with Crippen LogP contribution >= 0.6 is 0 Å². The van der Waals surface area contributed by atoms with Crippen molar-refractivity contribution in [1.29, 1.82) is 0 Å². The van der Waals surface area contributed by atoms with Crippen LogP contribution in [0.4, 0.5) is 4.39 Å². The Morgan fingerprint density at radius 3 is 2.70 bits per heavy atom. The molecule has 0 saturated heterocycles. The summed E-state index contributed by atoms with van der Waals surface area (Å²) < 4.78 is 26.2. The molecule has 0 amide bonds. The highest BCUT2D eigenvalue weighted by molar-refractivity contribution is 7.92. The summed E-state index contributed by atoms with van der Waals surface area (Å²) >= 11 is -1.21. The minimum Gasteiger partial charge on any atom is -0.611 e. The van der Waals surface area contributed by atoms with Crippen molar-refractivity contribution in [2.45, 2.75) is 29.4 Å². The molecule has 2 nitrogen and oxygen atoms in total. The summed E-state index contributed by atoms with van der Waals surface area (Å²) in [5.74, 6) is 0.316. The van der Waals surface area contributed by atoms with Gasteiger partial charge in [0.15, 0.2) is 9.64 Å². The molecule has 2 aromatic carbocycles. The number of fused-ring (bicyclic) bond motifs is 3. The first-order chi connectivity index (χ1) is 11.1. The number of nitrogens with two attached hydrogens (primary N) is 1. The van der Waals surface area contributed by atoms with Gasteiger partial charge in [0.2, 0.25) is 0 Å². The zero-order valence-corrected chi connectivity index (χ0v) is 13.9. The van der Waals surface area contributed by atoms with Crippen LogP contribution in [0.5, 0.6) is 0 Å². The predicted octanol–water partition coefficient (Wildman–Crippen LogP) is 3.29. The van der Waals surface area contributed by atoms with E-state index < -0.39 is 11.2 Å². The van der Waals surface area contributed by atoms with Gasteiger partial charge in [-0.2, -0.15) is 0 Å². The standard InChI is InChI=1S/C19H20FNOS/c1-12-2-8-16-13(10-12)3-9-17-18(11-21)19(16,17)23(22)15-6-4-14(20)5-7-15/h2,4-8,10,17-18H,3,9,11,21H2,1H3. The van der Waals surface area contributed by atoms with E-state index in [9.17, 15) is 8.94 Å². The van der Waals surface area contributed by atoms with Gasteiger partial charge in [0.05, 0.1) is 0 Å². The van der Waals surface area contributed by atoms with Gasteiger partial charge < -0.3 is 10.3 Å². The summed E-state index contributed by atoms with van der Waals surface area (Å²) in [6.45, 7) is 2.63. The second-order valence-corrected chi connectivity index (χ2v) is 8.35. The Kier molecular flexibility index (Phi) is 3.52. The summed E-state index contributed by atoms with van der Waals surface area (Å²) in [6.07, 6.45) is 2.06. The van der Waals surface area contributed by atoms with Crippen molar-refractivity contribution in [2.75, 3.05) is 6.54 Å². The van der Waals surface area contributed by atoms with Crippen molar-refractivity contribution in [2.24, 2.45) is 17.6 Å². The van der Waals surface area contributed by atoms with Crippen molar-refractivity contribution < 1.29 is 8.94 Å². The van der Waals surface area contributed by atoms with Crippen molar-refractivity contribution >= 4 is 11.2 Å². The monoisotopic (exact) mass is 329 g/mol. The van der Waals surface area contributed by atoms with Crippen LogP contribution in [0.2, 0.25) is 0 Å². The molecule has 2 aliphatic carbocycles. The van der Waals surface area contributed by atoms with Crippen molar-refractivity contribution in [3.8, 4) is 0 Å². The topological polar surface area (TPSA) is 49.1 Å². The van der Waals surface area contributed by atoms with Crippen LogP contribution in [0.1, 0.15) is 23.1 Å². The molecule has 4 rings (SSSR count). The van der Waals surface area contributed by atoms with E-state index in [0.717, 1.165) is 12.8 Å². The number of aryl methyl sites for hydroxylation is 2. The highest BCUT2D eigenvalue weighted by Gasteiger charge is 2.75. The lowest BCUT2D eigenvalue weighted by atomic mass is 9.90. The van der Waals surface area contributed by atoms with Gasteiger partial charge in [-0.15, -0.1) is 0 Å². The maximum Gasteiger partial charge on any atom is 0.164 e. The fraction of sp³-hybridized carbons (Fsp3) is 0.368.